The van der Waals surface area contributed by atoms with Crippen molar-refractivity contribution in [3.63, 3.8) is 0 Å². The van der Waals surface area contributed by atoms with Crippen molar-refractivity contribution >= 4 is 5.97 Å². The molecule has 0 bridgehead atoms. The number of carbonyl (C=O) groups is 1. The van der Waals surface area contributed by atoms with Crippen LogP contribution in [0, 0.1) is 0 Å². The minimum absolute atomic E-state index is 0.343. The third-order valence-electron chi connectivity index (χ3n) is 7.80. The minimum Gasteiger partial charge on any atom is -0.481 e. The van der Waals surface area contributed by atoms with Gasteiger partial charge in [0, 0.05) is 13.0 Å². The number of aliphatic hydroxyl groups excluding tert-OH is 1. The SMILES string of the molecule is O=C(O)CCCCCCCCCCCCCCCCCCCCCCCCCCCCCCCCO. The van der Waals surface area contributed by atoms with Gasteiger partial charge >= 0.3 is 5.97 Å². The Balaban J connectivity index is 3.02. The fraction of sp³-hybridized carbons (Fsp3) is 0.970. The highest BCUT2D eigenvalue weighted by Gasteiger charge is 1.98. The van der Waals surface area contributed by atoms with Gasteiger partial charge in [0.1, 0.15) is 0 Å². The van der Waals surface area contributed by atoms with E-state index in [1.165, 1.54) is 173 Å². The zero-order chi connectivity index (χ0) is 26.2. The zero-order valence-electron chi connectivity index (χ0n) is 24.4. The number of rotatable bonds is 32. The fourth-order valence-electron chi connectivity index (χ4n) is 5.34. The molecule has 0 saturated carbocycles. The Bertz CT molecular complexity index is 410. The highest BCUT2D eigenvalue weighted by atomic mass is 16.4. The summed E-state index contributed by atoms with van der Waals surface area (Å²) >= 11 is 0. The topological polar surface area (TPSA) is 57.5 Å². The molecule has 0 rings (SSSR count). The molecule has 0 amide bonds. The van der Waals surface area contributed by atoms with Crippen molar-refractivity contribution in [2.24, 2.45) is 0 Å². The molecule has 3 nitrogen and oxygen atoms in total. The van der Waals surface area contributed by atoms with E-state index >= 15 is 0 Å². The van der Waals surface area contributed by atoms with Gasteiger partial charge in [-0.3, -0.25) is 4.79 Å². The van der Waals surface area contributed by atoms with Crippen molar-refractivity contribution < 1.29 is 15.0 Å². The molecule has 36 heavy (non-hydrogen) atoms. The fourth-order valence-corrected chi connectivity index (χ4v) is 5.34. The molecule has 0 unspecified atom stereocenters. The number of hydrogen-bond acceptors (Lipinski definition) is 2. The normalized spacial score (nSPS) is 11.4. The first kappa shape index (κ1) is 35.4. The van der Waals surface area contributed by atoms with Gasteiger partial charge in [-0.1, -0.05) is 180 Å². The quantitative estimate of drug-likeness (QED) is 0.0884. The van der Waals surface area contributed by atoms with Crippen molar-refractivity contribution in [3.8, 4) is 0 Å². The maximum atomic E-state index is 10.5. The standard InChI is InChI=1S/C33H66O3/c34-32-30-28-26-24-22-20-18-16-14-12-10-8-6-4-2-1-3-5-7-9-11-13-15-17-19-21-23-25-27-29-31-33(35)36/h34H,1-32H2,(H,35,36). The van der Waals surface area contributed by atoms with Crippen LogP contribution in [0.3, 0.4) is 0 Å². The molecule has 0 radical (unpaired) electrons. The highest BCUT2D eigenvalue weighted by Crippen LogP contribution is 2.16. The molecule has 0 aromatic carbocycles. The van der Waals surface area contributed by atoms with Crippen LogP contribution in [0.1, 0.15) is 199 Å². The second-order valence-electron chi connectivity index (χ2n) is 11.5. The predicted octanol–water partition coefficient (Wildman–Crippen LogP) is 11.2. The molecule has 0 fully saturated rings. The van der Waals surface area contributed by atoms with Crippen LogP contribution in [0.15, 0.2) is 0 Å². The first-order chi connectivity index (χ1) is 17.8. The van der Waals surface area contributed by atoms with Crippen LogP contribution >= 0.6 is 0 Å². The van der Waals surface area contributed by atoms with E-state index in [0.717, 1.165) is 19.3 Å². The molecule has 0 atom stereocenters. The minimum atomic E-state index is -0.651. The maximum absolute atomic E-state index is 10.5. The van der Waals surface area contributed by atoms with E-state index in [9.17, 15) is 4.79 Å². The Morgan fingerprint density at radius 1 is 0.306 bits per heavy atom. The van der Waals surface area contributed by atoms with Crippen molar-refractivity contribution in [1.82, 2.24) is 0 Å². The summed E-state index contributed by atoms with van der Waals surface area (Å²) in [5.41, 5.74) is 0. The Labute approximate surface area is 226 Å². The van der Waals surface area contributed by atoms with E-state index < -0.39 is 5.97 Å². The van der Waals surface area contributed by atoms with E-state index in [2.05, 4.69) is 0 Å². The van der Waals surface area contributed by atoms with Crippen molar-refractivity contribution in [2.45, 2.75) is 199 Å². The van der Waals surface area contributed by atoms with E-state index in [4.69, 9.17) is 10.2 Å². The summed E-state index contributed by atoms with van der Waals surface area (Å²) in [5.74, 6) is -0.651. The molecular formula is C33H66O3. The maximum Gasteiger partial charge on any atom is 0.303 e. The molecule has 0 aromatic rings. The first-order valence-electron chi connectivity index (χ1n) is 16.6. The van der Waals surface area contributed by atoms with Gasteiger partial charge in [0.05, 0.1) is 0 Å². The van der Waals surface area contributed by atoms with Crippen molar-refractivity contribution in [2.75, 3.05) is 6.61 Å². The summed E-state index contributed by atoms with van der Waals surface area (Å²) in [4.78, 5) is 10.5. The summed E-state index contributed by atoms with van der Waals surface area (Å²) in [6.07, 6.45) is 41.1. The summed E-state index contributed by atoms with van der Waals surface area (Å²) < 4.78 is 0. The van der Waals surface area contributed by atoms with E-state index in [0.29, 0.717) is 13.0 Å². The van der Waals surface area contributed by atoms with Crippen LogP contribution in [0.25, 0.3) is 0 Å². The lowest BCUT2D eigenvalue weighted by molar-refractivity contribution is -0.137. The first-order valence-corrected chi connectivity index (χ1v) is 16.6. The number of unbranched alkanes of at least 4 members (excludes halogenated alkanes) is 29. The Morgan fingerprint density at radius 2 is 0.472 bits per heavy atom. The van der Waals surface area contributed by atoms with Crippen LogP contribution in [0.5, 0.6) is 0 Å². The number of carboxylic acid groups (broad SMARTS) is 1. The molecule has 0 aromatic heterocycles. The number of carboxylic acids is 1. The highest BCUT2D eigenvalue weighted by molar-refractivity contribution is 5.66. The third-order valence-corrected chi connectivity index (χ3v) is 7.80. The van der Waals surface area contributed by atoms with E-state index in [-0.39, 0.29) is 0 Å². The summed E-state index contributed by atoms with van der Waals surface area (Å²) in [5, 5.41) is 17.4. The second kappa shape index (κ2) is 32.5. The number of aliphatic hydroxyl groups is 1. The smallest absolute Gasteiger partial charge is 0.303 e. The van der Waals surface area contributed by atoms with Crippen LogP contribution in [-0.2, 0) is 4.79 Å². The van der Waals surface area contributed by atoms with Gasteiger partial charge < -0.3 is 10.2 Å². The van der Waals surface area contributed by atoms with Gasteiger partial charge in [0.2, 0.25) is 0 Å². The predicted molar refractivity (Wildman–Crippen MR) is 158 cm³/mol. The molecule has 2 N–H and O–H groups in total. The van der Waals surface area contributed by atoms with E-state index in [1.807, 2.05) is 0 Å². The lowest BCUT2D eigenvalue weighted by Gasteiger charge is -2.04. The molecular weight excluding hydrogens is 444 g/mol. The lowest BCUT2D eigenvalue weighted by Crippen LogP contribution is -1.93. The van der Waals surface area contributed by atoms with Crippen LogP contribution in [-0.4, -0.2) is 22.8 Å². The molecule has 0 aliphatic heterocycles. The van der Waals surface area contributed by atoms with Gasteiger partial charge in [-0.2, -0.15) is 0 Å². The largest absolute Gasteiger partial charge is 0.481 e. The lowest BCUT2D eigenvalue weighted by atomic mass is 10.0. The van der Waals surface area contributed by atoms with Gasteiger partial charge in [0.25, 0.3) is 0 Å². The molecule has 0 saturated heterocycles. The molecule has 0 heterocycles. The summed E-state index contributed by atoms with van der Waals surface area (Å²) in [6.45, 7) is 0.366. The number of hydrogen-bond donors (Lipinski definition) is 2. The van der Waals surface area contributed by atoms with Crippen LogP contribution < -0.4 is 0 Å². The number of aliphatic carboxylic acids is 1. The van der Waals surface area contributed by atoms with Gasteiger partial charge in [-0.05, 0) is 12.8 Å². The Morgan fingerprint density at radius 3 is 0.639 bits per heavy atom. The molecule has 3 heteroatoms. The molecule has 0 spiro atoms. The third kappa shape index (κ3) is 33.4. The zero-order valence-corrected chi connectivity index (χ0v) is 24.4. The molecule has 0 aliphatic carbocycles. The van der Waals surface area contributed by atoms with E-state index in [1.54, 1.807) is 0 Å². The second-order valence-corrected chi connectivity index (χ2v) is 11.5. The molecule has 0 aliphatic rings. The monoisotopic (exact) mass is 511 g/mol. The average molecular weight is 511 g/mol. The molecule has 216 valence electrons. The van der Waals surface area contributed by atoms with Crippen LogP contribution in [0.2, 0.25) is 0 Å². The summed E-state index contributed by atoms with van der Waals surface area (Å²) in [6, 6.07) is 0. The average Bonchev–Trinajstić information content (AvgIpc) is 2.87. The Kier molecular flexibility index (Phi) is 31.9. The summed E-state index contributed by atoms with van der Waals surface area (Å²) in [7, 11) is 0. The van der Waals surface area contributed by atoms with Gasteiger partial charge in [0.15, 0.2) is 0 Å². The van der Waals surface area contributed by atoms with Crippen LogP contribution in [0.4, 0.5) is 0 Å². The Hall–Kier alpha value is -0.570. The van der Waals surface area contributed by atoms with Crippen molar-refractivity contribution in [1.29, 1.82) is 0 Å². The van der Waals surface area contributed by atoms with Gasteiger partial charge in [-0.15, -0.1) is 0 Å². The van der Waals surface area contributed by atoms with Crippen molar-refractivity contribution in [3.05, 3.63) is 0 Å². The van der Waals surface area contributed by atoms with Gasteiger partial charge in [-0.25, -0.2) is 0 Å².